The molecule has 0 aliphatic carbocycles. The Morgan fingerprint density at radius 3 is 2.62 bits per heavy atom. The smallest absolute Gasteiger partial charge is 0.241 e. The summed E-state index contributed by atoms with van der Waals surface area (Å²) in [5.74, 6) is 0.586. The monoisotopic (exact) mass is 308 g/mol. The molecule has 2 rings (SSSR count). The molecule has 0 aliphatic rings. The van der Waals surface area contributed by atoms with Crippen LogP contribution in [0.1, 0.15) is 31.2 Å². The van der Waals surface area contributed by atoms with Gasteiger partial charge in [0.05, 0.1) is 17.2 Å². The van der Waals surface area contributed by atoms with Crippen LogP contribution < -0.4 is 10.0 Å². The van der Waals surface area contributed by atoms with Crippen LogP contribution in [0.5, 0.6) is 0 Å². The molecule has 0 aliphatic heterocycles. The van der Waals surface area contributed by atoms with Gasteiger partial charge in [-0.3, -0.25) is 0 Å². The largest absolute Gasteiger partial charge is 0.468 e. The molecule has 0 spiro atoms. The second-order valence-electron chi connectivity index (χ2n) is 4.75. The van der Waals surface area contributed by atoms with E-state index < -0.39 is 16.1 Å². The summed E-state index contributed by atoms with van der Waals surface area (Å²) in [5.41, 5.74) is 0.749. The number of rotatable bonds is 7. The van der Waals surface area contributed by atoms with Gasteiger partial charge in [-0.05, 0) is 37.2 Å². The van der Waals surface area contributed by atoms with E-state index in [0.717, 1.165) is 12.1 Å². The highest BCUT2D eigenvalue weighted by molar-refractivity contribution is 7.89. The van der Waals surface area contributed by atoms with E-state index in [9.17, 15) is 8.42 Å². The molecule has 114 valence electrons. The molecule has 0 saturated heterocycles. The van der Waals surface area contributed by atoms with Crippen LogP contribution >= 0.6 is 0 Å². The molecular weight excluding hydrogens is 288 g/mol. The second kappa shape index (κ2) is 6.89. The summed E-state index contributed by atoms with van der Waals surface area (Å²) < 4.78 is 33.0. The minimum Gasteiger partial charge on any atom is -0.468 e. The third-order valence-electron chi connectivity index (χ3n) is 3.13. The Labute approximate surface area is 125 Å². The lowest BCUT2D eigenvalue weighted by molar-refractivity contribution is 0.459. The number of furan rings is 1. The lowest BCUT2D eigenvalue weighted by atomic mass is 10.2. The summed E-state index contributed by atoms with van der Waals surface area (Å²) in [4.78, 5) is 0.296. The van der Waals surface area contributed by atoms with Crippen molar-refractivity contribution in [1.29, 1.82) is 0 Å². The molecule has 1 aromatic carbocycles. The zero-order chi connectivity index (χ0) is 15.3. The third-order valence-corrected chi connectivity index (χ3v) is 4.77. The number of hydrogen-bond acceptors (Lipinski definition) is 4. The molecule has 5 nitrogen and oxygen atoms in total. The van der Waals surface area contributed by atoms with E-state index in [0.29, 0.717) is 17.2 Å². The SMILES string of the molecule is CCNCc1ccccc1S(=O)(=O)NC(C)c1ccco1. The first kappa shape index (κ1) is 15.8. The van der Waals surface area contributed by atoms with E-state index in [2.05, 4.69) is 10.0 Å². The molecule has 0 saturated carbocycles. The zero-order valence-corrected chi connectivity index (χ0v) is 13.0. The molecule has 0 fully saturated rings. The Hall–Kier alpha value is -1.63. The molecule has 1 atom stereocenters. The summed E-state index contributed by atoms with van der Waals surface area (Å²) in [7, 11) is -3.60. The van der Waals surface area contributed by atoms with Crippen molar-refractivity contribution in [3.8, 4) is 0 Å². The second-order valence-corrected chi connectivity index (χ2v) is 6.43. The van der Waals surface area contributed by atoms with Crippen LogP contribution in [0.2, 0.25) is 0 Å². The Morgan fingerprint density at radius 1 is 1.19 bits per heavy atom. The first-order valence-corrected chi connectivity index (χ1v) is 8.37. The molecular formula is C15H20N2O3S. The van der Waals surface area contributed by atoms with E-state index in [4.69, 9.17) is 4.42 Å². The van der Waals surface area contributed by atoms with Crippen LogP contribution in [0.25, 0.3) is 0 Å². The Kier molecular flexibility index (Phi) is 5.17. The van der Waals surface area contributed by atoms with Crippen LogP contribution in [0.4, 0.5) is 0 Å². The van der Waals surface area contributed by atoms with Gasteiger partial charge >= 0.3 is 0 Å². The van der Waals surface area contributed by atoms with Crippen molar-refractivity contribution in [1.82, 2.24) is 10.0 Å². The molecule has 1 aromatic heterocycles. The summed E-state index contributed by atoms with van der Waals surface area (Å²) in [6, 6.07) is 10.1. The van der Waals surface area contributed by atoms with Gasteiger partial charge in [0.15, 0.2) is 0 Å². The topological polar surface area (TPSA) is 71.3 Å². The van der Waals surface area contributed by atoms with Crippen molar-refractivity contribution in [2.24, 2.45) is 0 Å². The average molecular weight is 308 g/mol. The predicted molar refractivity (Wildman–Crippen MR) is 81.3 cm³/mol. The number of hydrogen-bond donors (Lipinski definition) is 2. The highest BCUT2D eigenvalue weighted by atomic mass is 32.2. The van der Waals surface area contributed by atoms with Gasteiger partial charge in [0, 0.05) is 6.54 Å². The normalized spacial score (nSPS) is 13.2. The van der Waals surface area contributed by atoms with Crippen molar-refractivity contribution in [2.75, 3.05) is 6.54 Å². The molecule has 2 N–H and O–H groups in total. The first-order chi connectivity index (χ1) is 10.0. The minimum absolute atomic E-state index is 0.296. The quantitative estimate of drug-likeness (QED) is 0.824. The lowest BCUT2D eigenvalue weighted by Gasteiger charge is -2.15. The van der Waals surface area contributed by atoms with Crippen molar-refractivity contribution < 1.29 is 12.8 Å². The van der Waals surface area contributed by atoms with Gasteiger partial charge in [-0.25, -0.2) is 13.1 Å². The van der Waals surface area contributed by atoms with Gasteiger partial charge in [0.1, 0.15) is 5.76 Å². The maximum absolute atomic E-state index is 12.5. The Balaban J connectivity index is 2.23. The summed E-state index contributed by atoms with van der Waals surface area (Å²) in [6.45, 7) is 5.03. The van der Waals surface area contributed by atoms with Gasteiger partial charge in [0.25, 0.3) is 0 Å². The summed E-state index contributed by atoms with van der Waals surface area (Å²) in [5, 5.41) is 3.15. The van der Waals surface area contributed by atoms with E-state index in [1.807, 2.05) is 19.1 Å². The number of sulfonamides is 1. The molecule has 0 radical (unpaired) electrons. The molecule has 0 bridgehead atoms. The fraction of sp³-hybridized carbons (Fsp3) is 0.333. The van der Waals surface area contributed by atoms with Crippen LogP contribution in [0.3, 0.4) is 0 Å². The van der Waals surface area contributed by atoms with Gasteiger partial charge in [-0.1, -0.05) is 25.1 Å². The van der Waals surface area contributed by atoms with Crippen molar-refractivity contribution >= 4 is 10.0 Å². The van der Waals surface area contributed by atoms with Crippen LogP contribution in [-0.4, -0.2) is 15.0 Å². The fourth-order valence-corrected chi connectivity index (χ4v) is 3.52. The van der Waals surface area contributed by atoms with Gasteiger partial charge in [-0.2, -0.15) is 0 Å². The number of nitrogens with one attached hydrogen (secondary N) is 2. The highest BCUT2D eigenvalue weighted by Crippen LogP contribution is 2.20. The maximum atomic E-state index is 12.5. The van der Waals surface area contributed by atoms with Gasteiger partial charge in [0.2, 0.25) is 10.0 Å². The minimum atomic E-state index is -3.60. The zero-order valence-electron chi connectivity index (χ0n) is 12.2. The van der Waals surface area contributed by atoms with E-state index in [1.54, 1.807) is 31.2 Å². The predicted octanol–water partition coefficient (Wildman–Crippen LogP) is 2.43. The Morgan fingerprint density at radius 2 is 1.95 bits per heavy atom. The van der Waals surface area contributed by atoms with Gasteiger partial charge < -0.3 is 9.73 Å². The highest BCUT2D eigenvalue weighted by Gasteiger charge is 2.22. The molecule has 21 heavy (non-hydrogen) atoms. The third kappa shape index (κ3) is 3.93. The van der Waals surface area contributed by atoms with Crippen molar-refractivity contribution in [3.63, 3.8) is 0 Å². The van der Waals surface area contributed by atoms with E-state index in [1.165, 1.54) is 6.26 Å². The first-order valence-electron chi connectivity index (χ1n) is 6.89. The molecule has 6 heteroatoms. The van der Waals surface area contributed by atoms with Crippen molar-refractivity contribution in [2.45, 2.75) is 31.3 Å². The van der Waals surface area contributed by atoms with Crippen LogP contribution in [0, 0.1) is 0 Å². The lowest BCUT2D eigenvalue weighted by Crippen LogP contribution is -2.28. The summed E-state index contributed by atoms with van der Waals surface area (Å²) >= 11 is 0. The van der Waals surface area contributed by atoms with Crippen LogP contribution in [-0.2, 0) is 16.6 Å². The van der Waals surface area contributed by atoms with E-state index in [-0.39, 0.29) is 0 Å². The Bertz CT molecular complexity index is 666. The molecule has 1 heterocycles. The van der Waals surface area contributed by atoms with E-state index >= 15 is 0 Å². The van der Waals surface area contributed by atoms with Gasteiger partial charge in [-0.15, -0.1) is 0 Å². The molecule has 0 amide bonds. The van der Waals surface area contributed by atoms with Crippen molar-refractivity contribution in [3.05, 3.63) is 54.0 Å². The number of benzene rings is 1. The summed E-state index contributed by atoms with van der Waals surface area (Å²) in [6.07, 6.45) is 1.53. The maximum Gasteiger partial charge on any atom is 0.241 e. The standard InChI is InChI=1S/C15H20N2O3S/c1-3-16-11-13-7-4-5-9-15(13)21(18,19)17-12(2)14-8-6-10-20-14/h4-10,12,16-17H,3,11H2,1-2H3. The van der Waals surface area contributed by atoms with Crippen LogP contribution in [0.15, 0.2) is 52.0 Å². The fourth-order valence-electron chi connectivity index (χ4n) is 2.06. The molecule has 1 unspecified atom stereocenters. The molecule has 2 aromatic rings. The average Bonchev–Trinajstić information content (AvgIpc) is 2.99.